The van der Waals surface area contributed by atoms with Crippen LogP contribution in [-0.2, 0) is 13.0 Å². The van der Waals surface area contributed by atoms with Crippen molar-refractivity contribution in [3.63, 3.8) is 0 Å². The van der Waals surface area contributed by atoms with Gasteiger partial charge in [0.05, 0.1) is 0 Å². The third kappa shape index (κ3) is 4.05. The summed E-state index contributed by atoms with van der Waals surface area (Å²) >= 11 is 3.54. The van der Waals surface area contributed by atoms with Gasteiger partial charge in [-0.1, -0.05) is 22.9 Å². The van der Waals surface area contributed by atoms with Crippen LogP contribution in [0.2, 0.25) is 0 Å². The highest BCUT2D eigenvalue weighted by Gasteiger charge is 2.08. The minimum atomic E-state index is 0.153. The molecule has 1 aromatic carbocycles. The zero-order chi connectivity index (χ0) is 14.5. The van der Waals surface area contributed by atoms with Gasteiger partial charge in [-0.15, -0.1) is 10.2 Å². The molecule has 2 N–H and O–H groups in total. The van der Waals surface area contributed by atoms with Gasteiger partial charge in [0.1, 0.15) is 5.75 Å². The van der Waals surface area contributed by atoms with E-state index in [-0.39, 0.29) is 12.6 Å². The predicted octanol–water partition coefficient (Wildman–Crippen LogP) is 3.00. The fraction of sp³-hybridized carbons (Fsp3) is 0.429. The highest BCUT2D eigenvalue weighted by molar-refractivity contribution is 9.10. The summed E-state index contributed by atoms with van der Waals surface area (Å²) in [5.41, 5.74) is 7.13. The summed E-state index contributed by atoms with van der Waals surface area (Å²) in [6.45, 7) is 4.10. The van der Waals surface area contributed by atoms with Gasteiger partial charge in [-0.2, -0.15) is 0 Å². The molecule has 0 fully saturated rings. The molecule has 1 aromatic heterocycles. The molecule has 108 valence electrons. The summed E-state index contributed by atoms with van der Waals surface area (Å²) < 4.78 is 12.0. The van der Waals surface area contributed by atoms with E-state index in [0.717, 1.165) is 28.6 Å². The number of rotatable bonds is 6. The average molecular weight is 340 g/mol. The molecule has 1 unspecified atom stereocenters. The number of benzene rings is 1. The molecule has 1 heterocycles. The lowest BCUT2D eigenvalue weighted by molar-refractivity contribution is 0.260. The second kappa shape index (κ2) is 6.85. The molecule has 0 aliphatic carbocycles. The summed E-state index contributed by atoms with van der Waals surface area (Å²) in [6.07, 6.45) is 1.76. The molecule has 0 saturated carbocycles. The second-order valence-electron chi connectivity index (χ2n) is 4.63. The Morgan fingerprint density at radius 3 is 2.85 bits per heavy atom. The maximum absolute atomic E-state index is 6.00. The van der Waals surface area contributed by atoms with Gasteiger partial charge in [0.25, 0.3) is 5.89 Å². The van der Waals surface area contributed by atoms with Crippen LogP contribution in [0.15, 0.2) is 27.1 Å². The smallest absolute Gasteiger partial charge is 0.253 e. The first kappa shape index (κ1) is 15.0. The third-order valence-corrected chi connectivity index (χ3v) is 3.73. The van der Waals surface area contributed by atoms with E-state index in [2.05, 4.69) is 33.1 Å². The van der Waals surface area contributed by atoms with Gasteiger partial charge in [-0.05, 0) is 36.6 Å². The Balaban J connectivity index is 2.03. The van der Waals surface area contributed by atoms with Crippen LogP contribution in [0.25, 0.3) is 0 Å². The molecule has 2 aromatic rings. The quantitative estimate of drug-likeness (QED) is 0.875. The van der Waals surface area contributed by atoms with Crippen molar-refractivity contribution < 1.29 is 9.15 Å². The van der Waals surface area contributed by atoms with E-state index in [4.69, 9.17) is 14.9 Å². The Morgan fingerprint density at radius 2 is 2.20 bits per heavy atom. The number of nitrogens with two attached hydrogens (primary N) is 1. The number of halogens is 1. The number of aromatic nitrogens is 2. The largest absolute Gasteiger partial charge is 0.484 e. The maximum Gasteiger partial charge on any atom is 0.253 e. The van der Waals surface area contributed by atoms with Crippen molar-refractivity contribution in [3.05, 3.63) is 40.0 Å². The van der Waals surface area contributed by atoms with E-state index in [9.17, 15) is 0 Å². The van der Waals surface area contributed by atoms with Crippen LogP contribution in [0.3, 0.4) is 0 Å². The van der Waals surface area contributed by atoms with Gasteiger partial charge in [0, 0.05) is 17.4 Å². The van der Waals surface area contributed by atoms with Gasteiger partial charge in [-0.25, -0.2) is 0 Å². The minimum Gasteiger partial charge on any atom is -0.484 e. The number of ether oxygens (including phenoxy) is 1. The monoisotopic (exact) mass is 339 g/mol. The van der Waals surface area contributed by atoms with Crippen LogP contribution in [0.5, 0.6) is 5.75 Å². The van der Waals surface area contributed by atoms with Crippen molar-refractivity contribution in [2.24, 2.45) is 5.73 Å². The van der Waals surface area contributed by atoms with Gasteiger partial charge in [0.15, 0.2) is 6.61 Å². The zero-order valence-corrected chi connectivity index (χ0v) is 13.2. The van der Waals surface area contributed by atoms with Crippen molar-refractivity contribution >= 4 is 15.9 Å². The van der Waals surface area contributed by atoms with Crippen molar-refractivity contribution in [2.75, 3.05) is 0 Å². The normalized spacial score (nSPS) is 12.4. The molecule has 0 saturated heterocycles. The first-order chi connectivity index (χ1) is 9.58. The highest BCUT2D eigenvalue weighted by Crippen LogP contribution is 2.24. The molecule has 0 bridgehead atoms. The van der Waals surface area contributed by atoms with Crippen LogP contribution in [0, 0.1) is 6.92 Å². The molecule has 5 nitrogen and oxygen atoms in total. The van der Waals surface area contributed by atoms with E-state index >= 15 is 0 Å². The molecule has 0 aliphatic rings. The lowest BCUT2D eigenvalue weighted by Gasteiger charge is -2.12. The Morgan fingerprint density at radius 1 is 1.40 bits per heavy atom. The highest BCUT2D eigenvalue weighted by atomic mass is 79.9. The fourth-order valence-corrected chi connectivity index (χ4v) is 2.17. The van der Waals surface area contributed by atoms with Crippen molar-refractivity contribution in [1.29, 1.82) is 0 Å². The van der Waals surface area contributed by atoms with Gasteiger partial charge >= 0.3 is 0 Å². The molecular weight excluding hydrogens is 322 g/mol. The number of nitrogens with zero attached hydrogens (tertiary/aromatic N) is 2. The molecule has 2 rings (SSSR count). The van der Waals surface area contributed by atoms with E-state index < -0.39 is 0 Å². The summed E-state index contributed by atoms with van der Waals surface area (Å²) in [6, 6.07) is 6.00. The first-order valence-electron chi connectivity index (χ1n) is 6.54. The average Bonchev–Trinajstić information content (AvgIpc) is 2.85. The van der Waals surface area contributed by atoms with Gasteiger partial charge in [0.2, 0.25) is 5.89 Å². The van der Waals surface area contributed by atoms with E-state index in [1.807, 2.05) is 18.2 Å². The predicted molar refractivity (Wildman–Crippen MR) is 79.5 cm³/mol. The molecule has 6 heteroatoms. The van der Waals surface area contributed by atoms with Crippen LogP contribution in [0.1, 0.15) is 30.7 Å². The molecule has 0 radical (unpaired) electrons. The second-order valence-corrected chi connectivity index (χ2v) is 5.48. The maximum atomic E-state index is 6.00. The lowest BCUT2D eigenvalue weighted by Crippen LogP contribution is -2.21. The standard InChI is InChI=1S/C14H18BrN3O2/c1-3-11(16)6-10-7-12(4-5-13(10)15)19-8-14-18-17-9(2)20-14/h4-5,7,11H,3,6,8,16H2,1-2H3. The molecule has 0 aliphatic heterocycles. The third-order valence-electron chi connectivity index (χ3n) is 2.95. The summed E-state index contributed by atoms with van der Waals surface area (Å²) in [7, 11) is 0. The van der Waals surface area contributed by atoms with Crippen LogP contribution in [0.4, 0.5) is 0 Å². The van der Waals surface area contributed by atoms with Crippen molar-refractivity contribution in [3.8, 4) is 5.75 Å². The van der Waals surface area contributed by atoms with Crippen LogP contribution < -0.4 is 10.5 Å². The SMILES string of the molecule is CCC(N)Cc1cc(OCc2nnc(C)o2)ccc1Br. The molecular formula is C14H18BrN3O2. The number of hydrogen-bond donors (Lipinski definition) is 1. The topological polar surface area (TPSA) is 74.2 Å². The van der Waals surface area contributed by atoms with E-state index in [0.29, 0.717) is 11.8 Å². The fourth-order valence-electron chi connectivity index (χ4n) is 1.77. The molecule has 0 amide bonds. The Kier molecular flexibility index (Phi) is 5.14. The van der Waals surface area contributed by atoms with Crippen LogP contribution in [-0.4, -0.2) is 16.2 Å². The van der Waals surface area contributed by atoms with E-state index in [1.54, 1.807) is 6.92 Å². The summed E-state index contributed by atoms with van der Waals surface area (Å²) in [5, 5.41) is 7.65. The zero-order valence-electron chi connectivity index (χ0n) is 11.6. The molecule has 0 spiro atoms. The first-order valence-corrected chi connectivity index (χ1v) is 7.33. The number of aryl methyl sites for hydroxylation is 1. The Hall–Kier alpha value is -1.40. The van der Waals surface area contributed by atoms with Crippen molar-refractivity contribution in [1.82, 2.24) is 10.2 Å². The summed E-state index contributed by atoms with van der Waals surface area (Å²) in [4.78, 5) is 0. The Labute approximate surface area is 126 Å². The molecule has 20 heavy (non-hydrogen) atoms. The van der Waals surface area contributed by atoms with E-state index in [1.165, 1.54) is 0 Å². The van der Waals surface area contributed by atoms with Crippen LogP contribution >= 0.6 is 15.9 Å². The van der Waals surface area contributed by atoms with Crippen molar-refractivity contribution in [2.45, 2.75) is 39.3 Å². The molecule has 1 atom stereocenters. The van der Waals surface area contributed by atoms with Gasteiger partial charge in [-0.3, -0.25) is 0 Å². The minimum absolute atomic E-state index is 0.153. The lowest BCUT2D eigenvalue weighted by atomic mass is 10.0. The summed E-state index contributed by atoms with van der Waals surface area (Å²) in [5.74, 6) is 1.77. The van der Waals surface area contributed by atoms with Gasteiger partial charge < -0.3 is 14.9 Å². The Bertz CT molecular complexity index is 571. The number of hydrogen-bond acceptors (Lipinski definition) is 5.